The number of aromatic nitrogens is 2. The predicted molar refractivity (Wildman–Crippen MR) is 101 cm³/mol. The molecule has 0 atom stereocenters. The average Bonchev–Trinajstić information content (AvgIpc) is 3.05. The Labute approximate surface area is 161 Å². The van der Waals surface area contributed by atoms with Crippen molar-refractivity contribution in [1.29, 1.82) is 0 Å². The minimum Gasteiger partial charge on any atom is -0.399 e. The van der Waals surface area contributed by atoms with Gasteiger partial charge in [0.15, 0.2) is 0 Å². The second-order valence-electron chi connectivity index (χ2n) is 8.09. The second kappa shape index (κ2) is 6.35. The Kier molecular flexibility index (Phi) is 4.32. The molecule has 1 fully saturated rings. The summed E-state index contributed by atoms with van der Waals surface area (Å²) in [6.07, 6.45) is 1.52. The van der Waals surface area contributed by atoms with Gasteiger partial charge < -0.3 is 9.31 Å². The van der Waals surface area contributed by atoms with E-state index in [2.05, 4.69) is 5.10 Å². The van der Waals surface area contributed by atoms with E-state index in [4.69, 9.17) is 9.31 Å². The first-order valence-corrected chi connectivity index (χ1v) is 9.02. The van der Waals surface area contributed by atoms with E-state index in [1.807, 2.05) is 27.7 Å². The van der Waals surface area contributed by atoms with Crippen LogP contribution < -0.4 is 5.46 Å². The van der Waals surface area contributed by atoms with E-state index in [9.17, 15) is 8.78 Å². The fourth-order valence-electron chi connectivity index (χ4n) is 3.25. The van der Waals surface area contributed by atoms with Gasteiger partial charge in [-0.25, -0.2) is 13.2 Å². The molecule has 28 heavy (non-hydrogen) atoms. The Morgan fingerprint density at radius 1 is 0.964 bits per heavy atom. The van der Waals surface area contributed by atoms with Crippen molar-refractivity contribution in [2.24, 2.45) is 0 Å². The minimum absolute atomic E-state index is 0.120. The van der Waals surface area contributed by atoms with Crippen molar-refractivity contribution in [3.05, 3.63) is 59.5 Å². The van der Waals surface area contributed by atoms with Crippen molar-refractivity contribution in [3.63, 3.8) is 0 Å². The third-order valence-corrected chi connectivity index (χ3v) is 5.48. The largest absolute Gasteiger partial charge is 0.497 e. The molecule has 4 nitrogen and oxygen atoms in total. The molecule has 1 aliphatic heterocycles. The monoisotopic (exact) mass is 388 g/mol. The third-order valence-electron chi connectivity index (χ3n) is 5.48. The van der Waals surface area contributed by atoms with Crippen molar-refractivity contribution >= 4 is 23.5 Å². The normalized spacial score (nSPS) is 18.2. The Morgan fingerprint density at radius 2 is 1.57 bits per heavy atom. The van der Waals surface area contributed by atoms with Gasteiger partial charge in [-0.05, 0) is 51.5 Å². The standard InChI is InChI=1S/C20H20BF3N2O2/c1-19(2)20(3,4)28-21(27-19)16-5-6-17-15(18(16)24)11-26(25-17)10-12-7-13(22)9-14(23)8-12/h5-9,11H,10H2,1-4H3. The quantitative estimate of drug-likeness (QED) is 0.641. The van der Waals surface area contributed by atoms with E-state index in [1.165, 1.54) is 23.0 Å². The maximum absolute atomic E-state index is 15.2. The molecule has 0 saturated carbocycles. The average molecular weight is 388 g/mol. The van der Waals surface area contributed by atoms with E-state index in [0.29, 0.717) is 21.9 Å². The SMILES string of the molecule is CC1(C)OB(c2ccc3nn(Cc4cc(F)cc(F)c4)cc3c2F)OC1(C)C. The van der Waals surface area contributed by atoms with Gasteiger partial charge in [0.05, 0.1) is 28.6 Å². The molecule has 1 saturated heterocycles. The lowest BCUT2D eigenvalue weighted by atomic mass is 9.78. The first-order chi connectivity index (χ1) is 13.1. The molecule has 1 aliphatic rings. The van der Waals surface area contributed by atoms with Crippen LogP contribution in [0, 0.1) is 17.5 Å². The summed E-state index contributed by atoms with van der Waals surface area (Å²) in [6, 6.07) is 6.53. The van der Waals surface area contributed by atoms with Crippen LogP contribution in [0.25, 0.3) is 10.9 Å². The summed E-state index contributed by atoms with van der Waals surface area (Å²) in [5, 5.41) is 4.60. The molecule has 0 bridgehead atoms. The number of hydrogen-bond acceptors (Lipinski definition) is 3. The summed E-state index contributed by atoms with van der Waals surface area (Å²) in [4.78, 5) is 0. The number of benzene rings is 2. The summed E-state index contributed by atoms with van der Waals surface area (Å²) in [5.74, 6) is -1.81. The van der Waals surface area contributed by atoms with Gasteiger partial charge in [0, 0.05) is 17.7 Å². The maximum Gasteiger partial charge on any atom is 0.497 e. The van der Waals surface area contributed by atoms with Crippen LogP contribution in [0.15, 0.2) is 36.5 Å². The van der Waals surface area contributed by atoms with Crippen molar-refractivity contribution in [3.8, 4) is 0 Å². The van der Waals surface area contributed by atoms with E-state index in [-0.39, 0.29) is 6.54 Å². The molecule has 4 rings (SSSR count). The molecule has 0 amide bonds. The number of halogens is 3. The van der Waals surface area contributed by atoms with Crippen LogP contribution in [0.4, 0.5) is 13.2 Å². The Bertz CT molecular complexity index is 1030. The van der Waals surface area contributed by atoms with E-state index in [1.54, 1.807) is 12.1 Å². The summed E-state index contributed by atoms with van der Waals surface area (Å²) >= 11 is 0. The van der Waals surface area contributed by atoms with Crippen LogP contribution in [0.3, 0.4) is 0 Å². The summed E-state index contributed by atoms with van der Waals surface area (Å²) in [7, 11) is -0.824. The first-order valence-electron chi connectivity index (χ1n) is 9.02. The molecule has 8 heteroatoms. The highest BCUT2D eigenvalue weighted by Crippen LogP contribution is 2.37. The lowest BCUT2D eigenvalue weighted by Gasteiger charge is -2.32. The number of nitrogens with zero attached hydrogens (tertiary/aromatic N) is 2. The molecule has 1 aromatic heterocycles. The van der Waals surface area contributed by atoms with Crippen molar-refractivity contribution in [2.45, 2.75) is 45.4 Å². The van der Waals surface area contributed by atoms with Crippen LogP contribution in [0.5, 0.6) is 0 Å². The van der Waals surface area contributed by atoms with Crippen molar-refractivity contribution in [1.82, 2.24) is 9.78 Å². The molecule has 0 unspecified atom stereocenters. The van der Waals surface area contributed by atoms with Crippen LogP contribution in [0.2, 0.25) is 0 Å². The zero-order valence-corrected chi connectivity index (χ0v) is 16.1. The predicted octanol–water partition coefficient (Wildman–Crippen LogP) is 3.80. The molecule has 2 heterocycles. The van der Waals surface area contributed by atoms with Gasteiger partial charge in [0.2, 0.25) is 0 Å². The summed E-state index contributed by atoms with van der Waals surface area (Å²) < 4.78 is 55.3. The topological polar surface area (TPSA) is 36.3 Å². The molecular weight excluding hydrogens is 368 g/mol. The first kappa shape index (κ1) is 19.0. The van der Waals surface area contributed by atoms with E-state index < -0.39 is 35.8 Å². The van der Waals surface area contributed by atoms with Gasteiger partial charge in [-0.1, -0.05) is 6.07 Å². The van der Waals surface area contributed by atoms with E-state index in [0.717, 1.165) is 6.07 Å². The molecule has 0 N–H and O–H groups in total. The molecule has 146 valence electrons. The zero-order valence-electron chi connectivity index (χ0n) is 16.1. The van der Waals surface area contributed by atoms with Gasteiger partial charge in [-0.15, -0.1) is 0 Å². The Hall–Kier alpha value is -2.32. The maximum atomic E-state index is 15.2. The van der Waals surface area contributed by atoms with Crippen LogP contribution in [-0.4, -0.2) is 28.1 Å². The highest BCUT2D eigenvalue weighted by molar-refractivity contribution is 6.62. The van der Waals surface area contributed by atoms with Crippen LogP contribution in [-0.2, 0) is 15.9 Å². The van der Waals surface area contributed by atoms with Crippen LogP contribution in [0.1, 0.15) is 33.3 Å². The summed E-state index contributed by atoms with van der Waals surface area (Å²) in [6.45, 7) is 7.73. The lowest BCUT2D eigenvalue weighted by Crippen LogP contribution is -2.41. The second-order valence-corrected chi connectivity index (χ2v) is 8.09. The fraction of sp³-hybridized carbons (Fsp3) is 0.350. The molecule has 0 aliphatic carbocycles. The van der Waals surface area contributed by atoms with Gasteiger partial charge in [0.1, 0.15) is 17.5 Å². The highest BCUT2D eigenvalue weighted by Gasteiger charge is 2.52. The zero-order chi connectivity index (χ0) is 20.3. The smallest absolute Gasteiger partial charge is 0.399 e. The highest BCUT2D eigenvalue weighted by atomic mass is 19.1. The number of hydrogen-bond donors (Lipinski definition) is 0. The van der Waals surface area contributed by atoms with Gasteiger partial charge >= 0.3 is 7.12 Å². The van der Waals surface area contributed by atoms with Gasteiger partial charge in [-0.3, -0.25) is 4.68 Å². The summed E-state index contributed by atoms with van der Waals surface area (Å²) in [5.41, 5.74) is -0.0240. The van der Waals surface area contributed by atoms with Crippen molar-refractivity contribution < 1.29 is 22.5 Å². The Morgan fingerprint density at radius 3 is 2.18 bits per heavy atom. The number of fused-ring (bicyclic) bond motifs is 1. The molecule has 0 radical (unpaired) electrons. The molecule has 0 spiro atoms. The molecular formula is C20H20BF3N2O2. The molecule has 3 aromatic rings. The molecule has 2 aromatic carbocycles. The Balaban J connectivity index is 1.67. The fourth-order valence-corrected chi connectivity index (χ4v) is 3.25. The third kappa shape index (κ3) is 3.20. The number of rotatable bonds is 3. The van der Waals surface area contributed by atoms with Crippen molar-refractivity contribution in [2.75, 3.05) is 0 Å². The minimum atomic E-state index is -0.824. The van der Waals surface area contributed by atoms with Gasteiger partial charge in [-0.2, -0.15) is 5.10 Å². The van der Waals surface area contributed by atoms with Gasteiger partial charge in [0.25, 0.3) is 0 Å². The van der Waals surface area contributed by atoms with E-state index >= 15 is 4.39 Å². The van der Waals surface area contributed by atoms with Crippen LogP contribution >= 0.6 is 0 Å². The lowest BCUT2D eigenvalue weighted by molar-refractivity contribution is 0.00578.